The molecule has 0 aromatic carbocycles. The van der Waals surface area contributed by atoms with Gasteiger partial charge in [-0.3, -0.25) is 4.79 Å². The van der Waals surface area contributed by atoms with Crippen LogP contribution in [-0.2, 0) is 22.5 Å². The number of rotatable bonds is 4. The molecule has 5 nitrogen and oxygen atoms in total. The van der Waals surface area contributed by atoms with Crippen molar-refractivity contribution in [1.82, 2.24) is 14.9 Å². The van der Waals surface area contributed by atoms with Crippen molar-refractivity contribution in [3.05, 3.63) is 18.2 Å². The number of aryl methyl sites for hydroxylation is 1. The van der Waals surface area contributed by atoms with E-state index in [2.05, 4.69) is 14.9 Å². The second kappa shape index (κ2) is 5.74. The Kier molecular flexibility index (Phi) is 3.82. The number of aromatic nitrogens is 2. The molecule has 2 aliphatic rings. The maximum atomic E-state index is 11.9. The van der Waals surface area contributed by atoms with Crippen molar-refractivity contribution in [2.24, 2.45) is 0 Å². The third-order valence-electron chi connectivity index (χ3n) is 4.05. The Morgan fingerprint density at radius 3 is 3.11 bits per heavy atom. The highest BCUT2D eigenvalue weighted by Gasteiger charge is 2.21. The van der Waals surface area contributed by atoms with E-state index in [4.69, 9.17) is 4.74 Å². The lowest BCUT2D eigenvalue weighted by molar-refractivity contribution is -0.128. The first-order chi connectivity index (χ1) is 9.31. The van der Waals surface area contributed by atoms with Crippen molar-refractivity contribution in [2.45, 2.75) is 57.2 Å². The normalized spacial score (nSPS) is 23.3. The summed E-state index contributed by atoms with van der Waals surface area (Å²) in [6.07, 6.45) is 10.7. The highest BCUT2D eigenvalue weighted by molar-refractivity contribution is 5.77. The number of ether oxygens (including phenoxy) is 1. The first kappa shape index (κ1) is 12.7. The molecule has 1 unspecified atom stereocenters. The summed E-state index contributed by atoms with van der Waals surface area (Å²) in [6.45, 7) is 1.03. The summed E-state index contributed by atoms with van der Waals surface area (Å²) in [5, 5.41) is 3.06. The largest absolute Gasteiger partial charge is 0.368 e. The van der Waals surface area contributed by atoms with Crippen LogP contribution in [-0.4, -0.2) is 34.2 Å². The van der Waals surface area contributed by atoms with Crippen LogP contribution in [0.3, 0.4) is 0 Å². The molecule has 3 rings (SSSR count). The Labute approximate surface area is 113 Å². The molecule has 0 radical (unpaired) electrons. The molecule has 1 fully saturated rings. The van der Waals surface area contributed by atoms with Crippen LogP contribution in [0.4, 0.5) is 0 Å². The molecular weight excluding hydrogens is 242 g/mol. The van der Waals surface area contributed by atoms with E-state index >= 15 is 0 Å². The van der Waals surface area contributed by atoms with Gasteiger partial charge < -0.3 is 14.6 Å². The zero-order valence-corrected chi connectivity index (χ0v) is 11.2. The number of nitrogens with zero attached hydrogens (tertiary/aromatic N) is 2. The van der Waals surface area contributed by atoms with Crippen LogP contribution in [0, 0.1) is 0 Å². The van der Waals surface area contributed by atoms with E-state index < -0.39 is 0 Å². The lowest BCUT2D eigenvalue weighted by Gasteiger charge is -2.25. The minimum absolute atomic E-state index is 0.0143. The van der Waals surface area contributed by atoms with E-state index in [1.807, 2.05) is 12.4 Å². The van der Waals surface area contributed by atoms with Crippen molar-refractivity contribution < 1.29 is 9.53 Å². The van der Waals surface area contributed by atoms with Crippen molar-refractivity contribution in [3.8, 4) is 0 Å². The number of carbonyl (C=O) groups is 1. The maximum Gasteiger partial charge on any atom is 0.246 e. The van der Waals surface area contributed by atoms with E-state index in [9.17, 15) is 4.79 Å². The molecule has 0 bridgehead atoms. The maximum absolute atomic E-state index is 11.9. The number of imidazole rings is 1. The summed E-state index contributed by atoms with van der Waals surface area (Å²) in [4.78, 5) is 16.1. The Balaban J connectivity index is 1.42. The van der Waals surface area contributed by atoms with Crippen molar-refractivity contribution in [2.75, 3.05) is 6.61 Å². The van der Waals surface area contributed by atoms with Crippen LogP contribution < -0.4 is 5.32 Å². The summed E-state index contributed by atoms with van der Waals surface area (Å²) in [5.74, 6) is 1.13. The number of hydrogen-bond donors (Lipinski definition) is 1. The van der Waals surface area contributed by atoms with Gasteiger partial charge in [0.1, 0.15) is 12.4 Å². The quantitative estimate of drug-likeness (QED) is 0.890. The van der Waals surface area contributed by atoms with Crippen LogP contribution in [0.2, 0.25) is 0 Å². The monoisotopic (exact) mass is 263 g/mol. The predicted molar refractivity (Wildman–Crippen MR) is 70.7 cm³/mol. The number of nitrogens with one attached hydrogen (secondary N) is 1. The van der Waals surface area contributed by atoms with Gasteiger partial charge in [0.05, 0.1) is 6.10 Å². The number of hydrogen-bond acceptors (Lipinski definition) is 3. The van der Waals surface area contributed by atoms with Crippen molar-refractivity contribution >= 4 is 5.91 Å². The Morgan fingerprint density at radius 1 is 1.42 bits per heavy atom. The first-order valence-electron chi connectivity index (χ1n) is 7.22. The van der Waals surface area contributed by atoms with Crippen LogP contribution >= 0.6 is 0 Å². The standard InChI is InChI=1S/C14H21N3O2/c18-14(10-19-12-3-1-2-4-12)16-11-5-6-13-15-7-8-17(13)9-11/h7-8,11-12H,1-6,9-10H2,(H,16,18). The fraction of sp³-hybridized carbons (Fsp3) is 0.714. The van der Waals surface area contributed by atoms with E-state index in [1.165, 1.54) is 12.8 Å². The summed E-state index contributed by atoms with van der Waals surface area (Å²) in [7, 11) is 0. The molecule has 5 heteroatoms. The Morgan fingerprint density at radius 2 is 2.26 bits per heavy atom. The molecule has 1 aliphatic heterocycles. The van der Waals surface area contributed by atoms with Gasteiger partial charge in [-0.05, 0) is 19.3 Å². The van der Waals surface area contributed by atoms with Gasteiger partial charge in [-0.1, -0.05) is 12.8 Å². The summed E-state index contributed by atoms with van der Waals surface area (Å²) in [6, 6.07) is 0.210. The van der Waals surface area contributed by atoms with Gasteiger partial charge in [-0.2, -0.15) is 0 Å². The minimum Gasteiger partial charge on any atom is -0.368 e. The average molecular weight is 263 g/mol. The molecule has 1 aromatic heterocycles. The van der Waals surface area contributed by atoms with Gasteiger partial charge in [-0.15, -0.1) is 0 Å². The van der Waals surface area contributed by atoms with Crippen LogP contribution in [0.1, 0.15) is 37.9 Å². The highest BCUT2D eigenvalue weighted by Crippen LogP contribution is 2.20. The zero-order valence-electron chi connectivity index (χ0n) is 11.2. The summed E-state index contributed by atoms with van der Waals surface area (Å²) >= 11 is 0. The van der Waals surface area contributed by atoms with Gasteiger partial charge in [0.2, 0.25) is 5.91 Å². The fourth-order valence-electron chi connectivity index (χ4n) is 3.00. The van der Waals surface area contributed by atoms with Crippen molar-refractivity contribution in [1.29, 1.82) is 0 Å². The second-order valence-electron chi connectivity index (χ2n) is 5.52. The van der Waals surface area contributed by atoms with Crippen molar-refractivity contribution in [3.63, 3.8) is 0 Å². The van der Waals surface area contributed by atoms with Gasteiger partial charge in [-0.25, -0.2) is 4.98 Å². The predicted octanol–water partition coefficient (Wildman–Crippen LogP) is 1.27. The van der Waals surface area contributed by atoms with Gasteiger partial charge in [0, 0.05) is 31.4 Å². The van der Waals surface area contributed by atoms with Gasteiger partial charge in [0.25, 0.3) is 0 Å². The molecule has 104 valence electrons. The minimum atomic E-state index is 0.0143. The molecule has 19 heavy (non-hydrogen) atoms. The smallest absolute Gasteiger partial charge is 0.246 e. The molecule has 1 atom stereocenters. The van der Waals surface area contributed by atoms with E-state index in [-0.39, 0.29) is 18.6 Å². The summed E-state index contributed by atoms with van der Waals surface area (Å²) < 4.78 is 7.75. The van der Waals surface area contributed by atoms with Crippen LogP contribution in [0.25, 0.3) is 0 Å². The van der Waals surface area contributed by atoms with E-state index in [0.29, 0.717) is 6.10 Å². The molecule has 0 saturated heterocycles. The topological polar surface area (TPSA) is 56.1 Å². The third kappa shape index (κ3) is 3.15. The Hall–Kier alpha value is -1.36. The van der Waals surface area contributed by atoms with E-state index in [1.54, 1.807) is 0 Å². The first-order valence-corrected chi connectivity index (χ1v) is 7.22. The number of amides is 1. The molecular formula is C14H21N3O2. The highest BCUT2D eigenvalue weighted by atomic mass is 16.5. The molecule has 1 aliphatic carbocycles. The van der Waals surface area contributed by atoms with Gasteiger partial charge in [0.15, 0.2) is 0 Å². The Bertz CT molecular complexity index is 438. The van der Waals surface area contributed by atoms with Gasteiger partial charge >= 0.3 is 0 Å². The van der Waals surface area contributed by atoms with Crippen LogP contribution in [0.15, 0.2) is 12.4 Å². The second-order valence-corrected chi connectivity index (χ2v) is 5.52. The molecule has 1 amide bonds. The molecule has 2 heterocycles. The molecule has 1 saturated carbocycles. The number of carbonyl (C=O) groups excluding carboxylic acids is 1. The summed E-state index contributed by atoms with van der Waals surface area (Å²) in [5.41, 5.74) is 0. The molecule has 1 aromatic rings. The zero-order chi connectivity index (χ0) is 13.1. The molecule has 0 spiro atoms. The lowest BCUT2D eigenvalue weighted by atomic mass is 10.1. The number of fused-ring (bicyclic) bond motifs is 1. The third-order valence-corrected chi connectivity index (χ3v) is 4.05. The SMILES string of the molecule is O=C(COC1CCCC1)NC1CCc2nccn2C1. The fourth-order valence-corrected chi connectivity index (χ4v) is 3.00. The lowest BCUT2D eigenvalue weighted by Crippen LogP contribution is -2.42. The van der Waals surface area contributed by atoms with Crippen LogP contribution in [0.5, 0.6) is 0 Å². The van der Waals surface area contributed by atoms with E-state index in [0.717, 1.165) is 38.1 Å². The molecule has 1 N–H and O–H groups in total. The average Bonchev–Trinajstić information content (AvgIpc) is 3.07.